The van der Waals surface area contributed by atoms with Gasteiger partial charge in [0.2, 0.25) is 0 Å². The Morgan fingerprint density at radius 3 is 2.71 bits per heavy atom. The standard InChI is InChI=1S/C14H17ClN4OS/c1-19(2)9-3-8-16-14(20)12-13(21-18-17-12)10-4-6-11(15)7-5-10/h4-7H,3,8-9H2,1-2H3,(H,16,20). The van der Waals surface area contributed by atoms with Gasteiger partial charge >= 0.3 is 0 Å². The fourth-order valence-corrected chi connectivity index (χ4v) is 2.60. The molecule has 5 nitrogen and oxygen atoms in total. The first kappa shape index (κ1) is 15.9. The smallest absolute Gasteiger partial charge is 0.273 e. The highest BCUT2D eigenvalue weighted by Gasteiger charge is 2.17. The van der Waals surface area contributed by atoms with E-state index in [0.717, 1.165) is 23.4 Å². The van der Waals surface area contributed by atoms with Crippen LogP contribution in [0.3, 0.4) is 0 Å². The average Bonchev–Trinajstić information content (AvgIpc) is 2.93. The Labute approximate surface area is 133 Å². The molecule has 21 heavy (non-hydrogen) atoms. The van der Waals surface area contributed by atoms with Gasteiger partial charge in [-0.1, -0.05) is 28.2 Å². The summed E-state index contributed by atoms with van der Waals surface area (Å²) in [6.45, 7) is 1.55. The topological polar surface area (TPSA) is 58.1 Å². The van der Waals surface area contributed by atoms with Gasteiger partial charge in [-0.25, -0.2) is 0 Å². The Bertz CT molecular complexity index is 597. The quantitative estimate of drug-likeness (QED) is 0.830. The fraction of sp³-hybridized carbons (Fsp3) is 0.357. The van der Waals surface area contributed by atoms with Gasteiger partial charge in [-0.3, -0.25) is 4.79 Å². The molecule has 0 aliphatic heterocycles. The third-order valence-electron chi connectivity index (χ3n) is 2.88. The van der Waals surface area contributed by atoms with Crippen molar-refractivity contribution in [2.75, 3.05) is 27.2 Å². The zero-order chi connectivity index (χ0) is 15.2. The lowest BCUT2D eigenvalue weighted by atomic mass is 10.1. The lowest BCUT2D eigenvalue weighted by Crippen LogP contribution is -2.27. The second-order valence-electron chi connectivity index (χ2n) is 4.87. The van der Waals surface area contributed by atoms with Crippen molar-refractivity contribution in [3.8, 4) is 10.4 Å². The first-order valence-corrected chi connectivity index (χ1v) is 7.74. The number of aromatic nitrogens is 2. The van der Waals surface area contributed by atoms with E-state index in [1.165, 1.54) is 11.5 Å². The van der Waals surface area contributed by atoms with E-state index in [2.05, 4.69) is 19.8 Å². The summed E-state index contributed by atoms with van der Waals surface area (Å²) >= 11 is 7.08. The molecule has 2 rings (SSSR count). The van der Waals surface area contributed by atoms with Crippen LogP contribution in [-0.2, 0) is 0 Å². The lowest BCUT2D eigenvalue weighted by molar-refractivity contribution is 0.0948. The molecule has 1 aromatic heterocycles. The molecule has 0 aliphatic rings. The van der Waals surface area contributed by atoms with Gasteiger partial charge in [0.1, 0.15) is 0 Å². The first-order chi connectivity index (χ1) is 10.1. The van der Waals surface area contributed by atoms with Crippen LogP contribution in [0.1, 0.15) is 16.9 Å². The average molecular weight is 325 g/mol. The molecule has 0 fully saturated rings. The third-order valence-corrected chi connectivity index (χ3v) is 3.90. The van der Waals surface area contributed by atoms with Gasteiger partial charge in [0.15, 0.2) is 5.69 Å². The minimum Gasteiger partial charge on any atom is -0.351 e. The van der Waals surface area contributed by atoms with Gasteiger partial charge in [-0.2, -0.15) is 0 Å². The first-order valence-electron chi connectivity index (χ1n) is 6.59. The van der Waals surface area contributed by atoms with Gasteiger partial charge in [0, 0.05) is 11.6 Å². The monoisotopic (exact) mass is 324 g/mol. The molecule has 2 aromatic rings. The molecule has 0 atom stereocenters. The number of nitrogens with zero attached hydrogens (tertiary/aromatic N) is 3. The normalized spacial score (nSPS) is 10.9. The second kappa shape index (κ2) is 7.49. The minimum atomic E-state index is -0.188. The van der Waals surface area contributed by atoms with Gasteiger partial charge < -0.3 is 10.2 Å². The van der Waals surface area contributed by atoms with E-state index in [-0.39, 0.29) is 5.91 Å². The van der Waals surface area contributed by atoms with Crippen molar-refractivity contribution < 1.29 is 4.79 Å². The summed E-state index contributed by atoms with van der Waals surface area (Å²) in [6, 6.07) is 7.30. The predicted octanol–water partition coefficient (Wildman–Crippen LogP) is 2.54. The van der Waals surface area contributed by atoms with Crippen molar-refractivity contribution in [2.45, 2.75) is 6.42 Å². The van der Waals surface area contributed by atoms with Crippen molar-refractivity contribution in [3.05, 3.63) is 35.0 Å². The van der Waals surface area contributed by atoms with Gasteiger partial charge in [-0.05, 0) is 56.3 Å². The lowest BCUT2D eigenvalue weighted by Gasteiger charge is -2.09. The Hall–Kier alpha value is -1.50. The van der Waals surface area contributed by atoms with E-state index in [0.29, 0.717) is 17.3 Å². The highest BCUT2D eigenvalue weighted by molar-refractivity contribution is 7.09. The summed E-state index contributed by atoms with van der Waals surface area (Å²) in [6.07, 6.45) is 0.895. The number of halogens is 1. The second-order valence-corrected chi connectivity index (χ2v) is 6.06. The van der Waals surface area contributed by atoms with Crippen LogP contribution in [0.25, 0.3) is 10.4 Å². The molecule has 0 radical (unpaired) electrons. The van der Waals surface area contributed by atoms with Crippen molar-refractivity contribution in [2.24, 2.45) is 0 Å². The number of rotatable bonds is 6. The van der Waals surface area contributed by atoms with Gasteiger partial charge in [-0.15, -0.1) is 5.10 Å². The van der Waals surface area contributed by atoms with Crippen LogP contribution in [0.15, 0.2) is 24.3 Å². The maximum atomic E-state index is 12.2. The number of hydrogen-bond acceptors (Lipinski definition) is 5. The molecule has 1 heterocycles. The van der Waals surface area contributed by atoms with E-state index in [1.54, 1.807) is 12.1 Å². The van der Waals surface area contributed by atoms with Crippen LogP contribution in [0, 0.1) is 0 Å². The van der Waals surface area contributed by atoms with E-state index < -0.39 is 0 Å². The molecule has 0 spiro atoms. The molecule has 0 aliphatic carbocycles. The van der Waals surface area contributed by atoms with E-state index in [1.807, 2.05) is 26.2 Å². The zero-order valence-corrected chi connectivity index (χ0v) is 13.5. The van der Waals surface area contributed by atoms with Crippen LogP contribution in [-0.4, -0.2) is 47.6 Å². The van der Waals surface area contributed by atoms with E-state index >= 15 is 0 Å². The molecule has 0 unspecified atom stereocenters. The number of amides is 1. The van der Waals surface area contributed by atoms with Crippen molar-refractivity contribution in [1.29, 1.82) is 0 Å². The van der Waals surface area contributed by atoms with Crippen LogP contribution in [0.5, 0.6) is 0 Å². The summed E-state index contributed by atoms with van der Waals surface area (Å²) in [5, 5.41) is 7.47. The Kier molecular flexibility index (Phi) is 5.67. The van der Waals surface area contributed by atoms with Crippen LogP contribution < -0.4 is 5.32 Å². The minimum absolute atomic E-state index is 0.188. The summed E-state index contributed by atoms with van der Waals surface area (Å²) in [4.78, 5) is 15.0. The highest BCUT2D eigenvalue weighted by atomic mass is 35.5. The number of nitrogens with one attached hydrogen (secondary N) is 1. The maximum absolute atomic E-state index is 12.2. The predicted molar refractivity (Wildman–Crippen MR) is 85.9 cm³/mol. The maximum Gasteiger partial charge on any atom is 0.273 e. The van der Waals surface area contributed by atoms with Gasteiger partial charge in [0.05, 0.1) is 4.88 Å². The molecule has 0 saturated heterocycles. The zero-order valence-electron chi connectivity index (χ0n) is 12.0. The fourth-order valence-electron chi connectivity index (χ4n) is 1.81. The number of carbonyl (C=O) groups is 1. The van der Waals surface area contributed by atoms with Crippen molar-refractivity contribution in [3.63, 3.8) is 0 Å². The van der Waals surface area contributed by atoms with Crippen LogP contribution >= 0.6 is 23.1 Å². The largest absolute Gasteiger partial charge is 0.351 e. The molecular weight excluding hydrogens is 308 g/mol. The molecule has 0 bridgehead atoms. The summed E-state index contributed by atoms with van der Waals surface area (Å²) < 4.78 is 3.89. The molecular formula is C14H17ClN4OS. The van der Waals surface area contributed by atoms with Crippen molar-refractivity contribution >= 4 is 29.0 Å². The number of carbonyl (C=O) groups excluding carboxylic acids is 1. The third kappa shape index (κ3) is 4.49. The summed E-state index contributed by atoms with van der Waals surface area (Å²) in [5.74, 6) is -0.188. The summed E-state index contributed by atoms with van der Waals surface area (Å²) in [5.41, 5.74) is 1.26. The summed E-state index contributed by atoms with van der Waals surface area (Å²) in [7, 11) is 4.01. The SMILES string of the molecule is CN(C)CCCNC(=O)c1nnsc1-c1ccc(Cl)cc1. The molecule has 0 saturated carbocycles. The van der Waals surface area contributed by atoms with E-state index in [9.17, 15) is 4.79 Å². The molecule has 112 valence electrons. The van der Waals surface area contributed by atoms with Crippen molar-refractivity contribution in [1.82, 2.24) is 19.8 Å². The number of benzene rings is 1. The Morgan fingerprint density at radius 2 is 2.05 bits per heavy atom. The number of hydrogen-bond donors (Lipinski definition) is 1. The Balaban J connectivity index is 2.02. The molecule has 1 aromatic carbocycles. The highest BCUT2D eigenvalue weighted by Crippen LogP contribution is 2.27. The Morgan fingerprint density at radius 1 is 1.33 bits per heavy atom. The van der Waals surface area contributed by atoms with E-state index in [4.69, 9.17) is 11.6 Å². The molecule has 1 N–H and O–H groups in total. The van der Waals surface area contributed by atoms with Gasteiger partial charge in [0.25, 0.3) is 5.91 Å². The molecule has 1 amide bonds. The van der Waals surface area contributed by atoms with Crippen LogP contribution in [0.4, 0.5) is 0 Å². The van der Waals surface area contributed by atoms with Crippen LogP contribution in [0.2, 0.25) is 5.02 Å². The molecule has 7 heteroatoms.